The Morgan fingerprint density at radius 3 is 2.83 bits per heavy atom. The molecule has 9 heteroatoms. The average molecular weight is 488 g/mol. The first-order chi connectivity index (χ1) is 17.7. The van der Waals surface area contributed by atoms with E-state index >= 15 is 0 Å². The smallest absolute Gasteiger partial charge is 0.225 e. The third kappa shape index (κ3) is 5.52. The van der Waals surface area contributed by atoms with E-state index in [1.807, 2.05) is 12.3 Å². The number of nitrogens with zero attached hydrogens (tertiary/aromatic N) is 4. The van der Waals surface area contributed by atoms with Gasteiger partial charge in [0.1, 0.15) is 11.6 Å². The van der Waals surface area contributed by atoms with Crippen LogP contribution in [-0.4, -0.2) is 51.4 Å². The molecule has 1 unspecified atom stereocenters. The summed E-state index contributed by atoms with van der Waals surface area (Å²) in [7, 11) is 0. The van der Waals surface area contributed by atoms with Gasteiger partial charge in [-0.2, -0.15) is 10.1 Å². The predicted octanol–water partition coefficient (Wildman–Crippen LogP) is 4.84. The number of H-pyrrole nitrogens is 1. The number of aromatic amines is 1. The van der Waals surface area contributed by atoms with Crippen molar-refractivity contribution in [3.05, 3.63) is 65.4 Å². The number of rotatable bonds is 9. The summed E-state index contributed by atoms with van der Waals surface area (Å²) in [5.41, 5.74) is 4.58. The average Bonchev–Trinajstić information content (AvgIpc) is 3.45. The van der Waals surface area contributed by atoms with Gasteiger partial charge in [-0.1, -0.05) is 25.2 Å². The SMILES string of the molecule is CC1CC=CC=C1c1coc(CNc2nc(CN3CCOCC3)cc(Nc3cc(C4CC4)[nH]n3)n2)c1. The molecule has 1 saturated carbocycles. The van der Waals surface area contributed by atoms with Crippen molar-refractivity contribution >= 4 is 23.2 Å². The predicted molar refractivity (Wildman–Crippen MR) is 139 cm³/mol. The summed E-state index contributed by atoms with van der Waals surface area (Å²) < 4.78 is 11.4. The van der Waals surface area contributed by atoms with Crippen LogP contribution in [0.1, 0.15) is 54.8 Å². The molecule has 1 saturated heterocycles. The van der Waals surface area contributed by atoms with Gasteiger partial charge < -0.3 is 19.8 Å². The number of morpholine rings is 1. The van der Waals surface area contributed by atoms with E-state index in [1.54, 1.807) is 0 Å². The van der Waals surface area contributed by atoms with Crippen LogP contribution in [0.5, 0.6) is 0 Å². The van der Waals surface area contributed by atoms with Gasteiger partial charge in [0.2, 0.25) is 5.95 Å². The lowest BCUT2D eigenvalue weighted by Gasteiger charge is -2.26. The molecule has 36 heavy (non-hydrogen) atoms. The maximum atomic E-state index is 5.86. The highest BCUT2D eigenvalue weighted by molar-refractivity contribution is 5.69. The van der Waals surface area contributed by atoms with Gasteiger partial charge in [-0.15, -0.1) is 0 Å². The molecular formula is C27H33N7O2. The topological polar surface area (TPSA) is 104 Å². The molecule has 3 aliphatic rings. The van der Waals surface area contributed by atoms with Gasteiger partial charge in [-0.05, 0) is 36.8 Å². The van der Waals surface area contributed by atoms with E-state index in [0.29, 0.717) is 24.3 Å². The summed E-state index contributed by atoms with van der Waals surface area (Å²) in [4.78, 5) is 11.9. The largest absolute Gasteiger partial charge is 0.467 e. The van der Waals surface area contributed by atoms with E-state index in [9.17, 15) is 0 Å². The highest BCUT2D eigenvalue weighted by Gasteiger charge is 2.25. The third-order valence-corrected chi connectivity index (χ3v) is 6.98. The van der Waals surface area contributed by atoms with Crippen LogP contribution in [0.3, 0.4) is 0 Å². The molecule has 0 bridgehead atoms. The van der Waals surface area contributed by atoms with E-state index in [4.69, 9.17) is 19.1 Å². The van der Waals surface area contributed by atoms with Gasteiger partial charge in [0, 0.05) is 48.9 Å². The summed E-state index contributed by atoms with van der Waals surface area (Å²) in [6.07, 6.45) is 11.9. The molecule has 3 aromatic rings. The fraction of sp³-hybridized carbons (Fsp3) is 0.444. The quantitative estimate of drug-likeness (QED) is 0.394. The second-order valence-corrected chi connectivity index (χ2v) is 9.91. The maximum absolute atomic E-state index is 5.86. The molecule has 4 heterocycles. The molecule has 1 atom stereocenters. The molecule has 2 aliphatic carbocycles. The van der Waals surface area contributed by atoms with Crippen LogP contribution in [0.15, 0.2) is 47.1 Å². The fourth-order valence-electron chi connectivity index (χ4n) is 4.76. The van der Waals surface area contributed by atoms with Gasteiger partial charge in [-0.25, -0.2) is 4.98 Å². The molecule has 0 spiro atoms. The van der Waals surface area contributed by atoms with Crippen molar-refractivity contribution in [2.75, 3.05) is 36.9 Å². The summed E-state index contributed by atoms with van der Waals surface area (Å²) in [6.45, 7) is 6.81. The van der Waals surface area contributed by atoms with Crippen LogP contribution in [0, 0.1) is 5.92 Å². The highest BCUT2D eigenvalue weighted by Crippen LogP contribution is 2.39. The van der Waals surface area contributed by atoms with Crippen molar-refractivity contribution in [2.45, 2.75) is 45.2 Å². The number of hydrogen-bond acceptors (Lipinski definition) is 8. The minimum Gasteiger partial charge on any atom is -0.467 e. The van der Waals surface area contributed by atoms with Crippen molar-refractivity contribution in [3.63, 3.8) is 0 Å². The normalized spacial score (nSPS) is 20.4. The molecule has 0 radical (unpaired) electrons. The zero-order valence-corrected chi connectivity index (χ0v) is 20.7. The van der Waals surface area contributed by atoms with Crippen LogP contribution >= 0.6 is 0 Å². The van der Waals surface area contributed by atoms with Crippen molar-refractivity contribution < 1.29 is 9.15 Å². The van der Waals surface area contributed by atoms with E-state index < -0.39 is 0 Å². The minimum absolute atomic E-state index is 0.490. The second kappa shape index (κ2) is 10.3. The molecule has 0 aromatic carbocycles. The van der Waals surface area contributed by atoms with Crippen molar-refractivity contribution in [2.24, 2.45) is 5.92 Å². The summed E-state index contributed by atoms with van der Waals surface area (Å²) in [5, 5.41) is 14.3. The minimum atomic E-state index is 0.490. The second-order valence-electron chi connectivity index (χ2n) is 9.91. The first-order valence-corrected chi connectivity index (χ1v) is 12.9. The zero-order valence-electron chi connectivity index (χ0n) is 20.7. The number of aromatic nitrogens is 4. The van der Waals surface area contributed by atoms with Crippen molar-refractivity contribution in [1.82, 2.24) is 25.1 Å². The zero-order chi connectivity index (χ0) is 24.3. The van der Waals surface area contributed by atoms with Crippen molar-refractivity contribution in [3.8, 4) is 0 Å². The number of ether oxygens (including phenoxy) is 1. The molecule has 1 aliphatic heterocycles. The van der Waals surface area contributed by atoms with Crippen LogP contribution in [0.2, 0.25) is 0 Å². The third-order valence-electron chi connectivity index (χ3n) is 6.98. The Bertz CT molecular complexity index is 1250. The molecule has 9 nitrogen and oxygen atoms in total. The van der Waals surface area contributed by atoms with Crippen molar-refractivity contribution in [1.29, 1.82) is 0 Å². The number of furan rings is 1. The summed E-state index contributed by atoms with van der Waals surface area (Å²) in [6, 6.07) is 6.19. The fourth-order valence-corrected chi connectivity index (χ4v) is 4.76. The maximum Gasteiger partial charge on any atom is 0.225 e. The van der Waals surface area contributed by atoms with Crippen LogP contribution < -0.4 is 10.6 Å². The first kappa shape index (κ1) is 23.0. The highest BCUT2D eigenvalue weighted by atomic mass is 16.5. The first-order valence-electron chi connectivity index (χ1n) is 12.9. The molecule has 3 aromatic heterocycles. The summed E-state index contributed by atoms with van der Waals surface area (Å²) >= 11 is 0. The van der Waals surface area contributed by atoms with Gasteiger partial charge in [0.25, 0.3) is 0 Å². The van der Waals surface area contributed by atoms with E-state index in [-0.39, 0.29) is 0 Å². The molecule has 6 rings (SSSR count). The molecular weight excluding hydrogens is 454 g/mol. The Morgan fingerprint density at radius 2 is 2.00 bits per heavy atom. The number of nitrogens with one attached hydrogen (secondary N) is 3. The number of allylic oxidation sites excluding steroid dienone is 4. The van der Waals surface area contributed by atoms with Crippen LogP contribution in [0.25, 0.3) is 5.57 Å². The lowest BCUT2D eigenvalue weighted by atomic mass is 9.89. The van der Waals surface area contributed by atoms with Gasteiger partial charge in [0.05, 0.1) is 31.7 Å². The Labute approximate surface area is 211 Å². The monoisotopic (exact) mass is 487 g/mol. The molecule has 0 amide bonds. The van der Waals surface area contributed by atoms with Gasteiger partial charge in [0.15, 0.2) is 5.82 Å². The van der Waals surface area contributed by atoms with E-state index in [1.165, 1.54) is 24.1 Å². The standard InChI is InChI=1S/C27H33N7O2/c1-18-4-2-3-5-23(18)20-12-22(36-17-20)15-28-27-29-21(16-34-8-10-35-11-9-34)13-25(31-27)30-26-14-24(32-33-26)19-6-7-19/h2-3,5,12-14,17-19H,4,6-11,15-16H2,1H3,(H3,28,29,30,31,32,33). The Balaban J connectivity index is 1.18. The molecule has 2 fully saturated rings. The van der Waals surface area contributed by atoms with E-state index in [0.717, 1.165) is 67.9 Å². The lowest BCUT2D eigenvalue weighted by Crippen LogP contribution is -2.36. The van der Waals surface area contributed by atoms with Crippen LogP contribution in [0.4, 0.5) is 17.6 Å². The van der Waals surface area contributed by atoms with E-state index in [2.05, 4.69) is 63.0 Å². The Kier molecular flexibility index (Phi) is 6.57. The summed E-state index contributed by atoms with van der Waals surface area (Å²) in [5.74, 6) is 4.02. The van der Waals surface area contributed by atoms with Gasteiger partial charge >= 0.3 is 0 Å². The van der Waals surface area contributed by atoms with Gasteiger partial charge in [-0.3, -0.25) is 10.00 Å². The molecule has 3 N–H and O–H groups in total. The Hall–Kier alpha value is -3.43. The van der Waals surface area contributed by atoms with Crippen LogP contribution in [-0.2, 0) is 17.8 Å². The number of anilines is 3. The number of hydrogen-bond donors (Lipinski definition) is 3. The Morgan fingerprint density at radius 1 is 1.11 bits per heavy atom. The molecule has 188 valence electrons. The lowest BCUT2D eigenvalue weighted by molar-refractivity contribution is 0.0336.